The quantitative estimate of drug-likeness (QED) is 0.688. The Kier molecular flexibility index (Phi) is 2.82. The maximum Gasteiger partial charge on any atom is 0.256 e. The fourth-order valence-corrected chi connectivity index (χ4v) is 1.42. The summed E-state index contributed by atoms with van der Waals surface area (Å²) < 4.78 is 0. The third-order valence-electron chi connectivity index (χ3n) is 2.66. The molecule has 5 nitrogen and oxygen atoms in total. The lowest BCUT2D eigenvalue weighted by Gasteiger charge is -2.03. The molecule has 0 atom stereocenters. The molecule has 1 amide bonds. The van der Waals surface area contributed by atoms with Gasteiger partial charge in [0.2, 0.25) is 0 Å². The number of aryl methyl sites for hydroxylation is 1. The Morgan fingerprint density at radius 1 is 1.29 bits per heavy atom. The number of carbonyl (C=O) groups excluding carboxylic acids is 1. The molecule has 88 valence electrons. The molecule has 1 aromatic heterocycles. The fraction of sp³-hybridized carbons (Fsp3) is 0.167. The van der Waals surface area contributed by atoms with Crippen LogP contribution >= 0.6 is 0 Å². The Balaban J connectivity index is 2.17. The number of aromatic nitrogens is 2. The Labute approximate surface area is 99.0 Å². The van der Waals surface area contributed by atoms with Crippen molar-refractivity contribution >= 4 is 17.4 Å². The summed E-state index contributed by atoms with van der Waals surface area (Å²) in [5, 5.41) is 9.58. The van der Waals surface area contributed by atoms with Crippen molar-refractivity contribution in [3.8, 4) is 0 Å². The summed E-state index contributed by atoms with van der Waals surface area (Å²) in [5.74, 6) is 0.365. The normalized spacial score (nSPS) is 10.2. The summed E-state index contributed by atoms with van der Waals surface area (Å²) >= 11 is 0. The van der Waals surface area contributed by atoms with E-state index >= 15 is 0 Å². The second-order valence-electron chi connectivity index (χ2n) is 3.90. The van der Waals surface area contributed by atoms with Crippen molar-refractivity contribution in [2.45, 2.75) is 13.8 Å². The van der Waals surface area contributed by atoms with E-state index in [9.17, 15) is 4.79 Å². The third kappa shape index (κ3) is 2.28. The van der Waals surface area contributed by atoms with E-state index in [1.165, 1.54) is 0 Å². The summed E-state index contributed by atoms with van der Waals surface area (Å²) in [6, 6.07) is 6.74. The van der Waals surface area contributed by atoms with Crippen LogP contribution in [0.5, 0.6) is 0 Å². The van der Waals surface area contributed by atoms with Crippen LogP contribution in [-0.2, 0) is 0 Å². The highest BCUT2D eigenvalue weighted by Crippen LogP contribution is 2.15. The first-order chi connectivity index (χ1) is 8.08. The first-order valence-electron chi connectivity index (χ1n) is 5.26. The van der Waals surface area contributed by atoms with Gasteiger partial charge in [0.25, 0.3) is 5.91 Å². The van der Waals surface area contributed by atoms with E-state index in [1.807, 2.05) is 13.8 Å². The number of nitrogen functional groups attached to an aromatic ring is 1. The lowest BCUT2D eigenvalue weighted by Crippen LogP contribution is -2.12. The average Bonchev–Trinajstić information content (AvgIpc) is 2.62. The predicted molar refractivity (Wildman–Crippen MR) is 66.9 cm³/mol. The molecule has 2 aromatic rings. The van der Waals surface area contributed by atoms with Crippen molar-refractivity contribution in [2.75, 3.05) is 11.1 Å². The number of rotatable bonds is 2. The van der Waals surface area contributed by atoms with Gasteiger partial charge in [-0.3, -0.25) is 9.89 Å². The molecule has 0 spiro atoms. The number of nitrogens with two attached hydrogens (primary N) is 1. The van der Waals surface area contributed by atoms with Crippen molar-refractivity contribution in [3.05, 3.63) is 41.1 Å². The zero-order valence-electron chi connectivity index (χ0n) is 9.74. The van der Waals surface area contributed by atoms with Crippen molar-refractivity contribution < 1.29 is 4.79 Å². The Morgan fingerprint density at radius 2 is 1.94 bits per heavy atom. The molecule has 2 rings (SSSR count). The van der Waals surface area contributed by atoms with Gasteiger partial charge in [0.1, 0.15) is 0 Å². The fourth-order valence-electron chi connectivity index (χ4n) is 1.42. The first kappa shape index (κ1) is 11.2. The Bertz CT molecular complexity index is 542. The summed E-state index contributed by atoms with van der Waals surface area (Å²) in [4.78, 5) is 11.9. The van der Waals surface area contributed by atoms with Crippen LogP contribution in [0.4, 0.5) is 11.5 Å². The second kappa shape index (κ2) is 4.29. The number of amides is 1. The zero-order chi connectivity index (χ0) is 12.4. The molecule has 0 bridgehead atoms. The largest absolute Gasteiger partial charge is 0.399 e. The molecule has 4 N–H and O–H groups in total. The van der Waals surface area contributed by atoms with Crippen LogP contribution in [0.25, 0.3) is 0 Å². The molecular weight excluding hydrogens is 216 g/mol. The number of hydrogen-bond donors (Lipinski definition) is 3. The smallest absolute Gasteiger partial charge is 0.256 e. The second-order valence-corrected chi connectivity index (χ2v) is 3.90. The summed E-state index contributed by atoms with van der Waals surface area (Å²) in [6.07, 6.45) is 0. The summed E-state index contributed by atoms with van der Waals surface area (Å²) in [5.41, 5.74) is 8.63. The summed E-state index contributed by atoms with van der Waals surface area (Å²) in [7, 11) is 0. The zero-order valence-corrected chi connectivity index (χ0v) is 9.74. The molecule has 0 saturated heterocycles. The van der Waals surface area contributed by atoms with Gasteiger partial charge in [0.15, 0.2) is 5.82 Å². The highest BCUT2D eigenvalue weighted by atomic mass is 16.1. The van der Waals surface area contributed by atoms with E-state index in [0.29, 0.717) is 17.1 Å². The number of anilines is 2. The van der Waals surface area contributed by atoms with Gasteiger partial charge in [0.05, 0.1) is 0 Å². The maximum absolute atomic E-state index is 11.9. The number of benzene rings is 1. The van der Waals surface area contributed by atoms with E-state index in [4.69, 9.17) is 5.73 Å². The number of aromatic amines is 1. The van der Waals surface area contributed by atoms with Gasteiger partial charge >= 0.3 is 0 Å². The monoisotopic (exact) mass is 230 g/mol. The maximum atomic E-state index is 11.9. The molecule has 0 aliphatic carbocycles. The highest BCUT2D eigenvalue weighted by Gasteiger charge is 2.10. The predicted octanol–water partition coefficient (Wildman–Crippen LogP) is 1.86. The van der Waals surface area contributed by atoms with E-state index in [0.717, 1.165) is 11.3 Å². The topological polar surface area (TPSA) is 83.8 Å². The SMILES string of the molecule is Cc1[nH]nc(NC(=O)c2ccc(N)cc2)c1C. The van der Waals surface area contributed by atoms with Gasteiger partial charge in [-0.25, -0.2) is 0 Å². The van der Waals surface area contributed by atoms with Gasteiger partial charge in [-0.1, -0.05) is 0 Å². The molecular formula is C12H14N4O. The lowest BCUT2D eigenvalue weighted by atomic mass is 10.2. The van der Waals surface area contributed by atoms with E-state index in [-0.39, 0.29) is 5.91 Å². The van der Waals surface area contributed by atoms with Gasteiger partial charge in [-0.2, -0.15) is 5.10 Å². The van der Waals surface area contributed by atoms with Gasteiger partial charge in [-0.05, 0) is 38.1 Å². The van der Waals surface area contributed by atoms with Crippen molar-refractivity contribution in [1.29, 1.82) is 0 Å². The van der Waals surface area contributed by atoms with E-state index in [2.05, 4.69) is 15.5 Å². The van der Waals surface area contributed by atoms with Crippen LogP contribution in [0.15, 0.2) is 24.3 Å². The number of hydrogen-bond acceptors (Lipinski definition) is 3. The van der Waals surface area contributed by atoms with Crippen LogP contribution in [0.1, 0.15) is 21.6 Å². The molecule has 0 unspecified atom stereocenters. The minimum atomic E-state index is -0.195. The van der Waals surface area contributed by atoms with Gasteiger partial charge < -0.3 is 11.1 Å². The molecule has 1 aromatic carbocycles. The number of nitrogens with zero attached hydrogens (tertiary/aromatic N) is 1. The Hall–Kier alpha value is -2.30. The molecule has 17 heavy (non-hydrogen) atoms. The van der Waals surface area contributed by atoms with Crippen LogP contribution in [0.3, 0.4) is 0 Å². The minimum Gasteiger partial charge on any atom is -0.399 e. The van der Waals surface area contributed by atoms with Crippen molar-refractivity contribution in [1.82, 2.24) is 10.2 Å². The number of nitrogens with one attached hydrogen (secondary N) is 2. The van der Waals surface area contributed by atoms with Crippen LogP contribution in [0.2, 0.25) is 0 Å². The van der Waals surface area contributed by atoms with Crippen LogP contribution in [0, 0.1) is 13.8 Å². The molecule has 5 heteroatoms. The van der Waals surface area contributed by atoms with Crippen LogP contribution < -0.4 is 11.1 Å². The van der Waals surface area contributed by atoms with E-state index in [1.54, 1.807) is 24.3 Å². The lowest BCUT2D eigenvalue weighted by molar-refractivity contribution is 0.102. The molecule has 0 aliphatic heterocycles. The molecule has 0 radical (unpaired) electrons. The standard InChI is InChI=1S/C12H14N4O/c1-7-8(2)15-16-11(7)14-12(17)9-3-5-10(13)6-4-9/h3-6H,13H2,1-2H3,(H2,14,15,16,17). The van der Waals surface area contributed by atoms with Crippen molar-refractivity contribution in [3.63, 3.8) is 0 Å². The number of H-pyrrole nitrogens is 1. The molecule has 1 heterocycles. The first-order valence-corrected chi connectivity index (χ1v) is 5.26. The van der Waals surface area contributed by atoms with Gasteiger partial charge in [-0.15, -0.1) is 0 Å². The summed E-state index contributed by atoms with van der Waals surface area (Å²) in [6.45, 7) is 3.80. The Morgan fingerprint density at radius 3 is 2.47 bits per heavy atom. The molecule has 0 aliphatic rings. The van der Waals surface area contributed by atoms with Gasteiger partial charge in [0, 0.05) is 22.5 Å². The van der Waals surface area contributed by atoms with Crippen molar-refractivity contribution in [2.24, 2.45) is 0 Å². The third-order valence-corrected chi connectivity index (χ3v) is 2.66. The molecule has 0 saturated carbocycles. The minimum absolute atomic E-state index is 0.195. The van der Waals surface area contributed by atoms with Crippen LogP contribution in [-0.4, -0.2) is 16.1 Å². The van der Waals surface area contributed by atoms with E-state index < -0.39 is 0 Å². The highest BCUT2D eigenvalue weighted by molar-refractivity contribution is 6.04. The average molecular weight is 230 g/mol. The molecule has 0 fully saturated rings. The number of carbonyl (C=O) groups is 1.